The number of methoxy groups -OCH3 is 2. The third-order valence-corrected chi connectivity index (χ3v) is 4.28. The number of carboxylic acid groups (broad SMARTS) is 1. The molecule has 1 aliphatic heterocycles. The molecule has 2 unspecified atom stereocenters. The molecule has 2 atom stereocenters. The van der Waals surface area contributed by atoms with Gasteiger partial charge in [0.15, 0.2) is 0 Å². The standard InChI is InChI=1S/C13H22N2O5/c1-19-9-7-15(8-10(9)20-2)12(18)14-13(4-3-5-13)6-11(16)17/h9-10H,3-8H2,1-2H3,(H,14,18)(H,16,17). The zero-order valence-corrected chi connectivity index (χ0v) is 11.9. The van der Waals surface area contributed by atoms with Gasteiger partial charge in [0, 0.05) is 14.2 Å². The predicted molar refractivity (Wildman–Crippen MR) is 70.5 cm³/mol. The van der Waals surface area contributed by atoms with Crippen molar-refractivity contribution in [1.29, 1.82) is 0 Å². The number of ether oxygens (including phenoxy) is 2. The summed E-state index contributed by atoms with van der Waals surface area (Å²) in [5.41, 5.74) is -0.573. The molecule has 0 aromatic rings. The molecule has 2 N–H and O–H groups in total. The van der Waals surface area contributed by atoms with Gasteiger partial charge in [-0.2, -0.15) is 0 Å². The van der Waals surface area contributed by atoms with Gasteiger partial charge in [-0.1, -0.05) is 0 Å². The molecule has 7 nitrogen and oxygen atoms in total. The van der Waals surface area contributed by atoms with Gasteiger partial charge in [0.1, 0.15) is 12.2 Å². The quantitative estimate of drug-likeness (QED) is 0.765. The number of hydrogen-bond acceptors (Lipinski definition) is 4. The van der Waals surface area contributed by atoms with E-state index in [0.717, 1.165) is 19.3 Å². The molecule has 2 amide bonds. The molecule has 0 spiro atoms. The molecule has 7 heteroatoms. The molecule has 2 rings (SSSR count). The fraction of sp³-hybridized carbons (Fsp3) is 0.846. The van der Waals surface area contributed by atoms with E-state index in [0.29, 0.717) is 13.1 Å². The second-order valence-electron chi connectivity index (χ2n) is 5.59. The minimum Gasteiger partial charge on any atom is -0.481 e. The summed E-state index contributed by atoms with van der Waals surface area (Å²) in [6.45, 7) is 0.925. The van der Waals surface area contributed by atoms with Crippen LogP contribution in [0, 0.1) is 0 Å². The SMILES string of the molecule is COC1CN(C(=O)NC2(CC(=O)O)CCC2)CC1OC. The van der Waals surface area contributed by atoms with Gasteiger partial charge < -0.3 is 24.8 Å². The van der Waals surface area contributed by atoms with Crippen LogP contribution in [-0.2, 0) is 14.3 Å². The summed E-state index contributed by atoms with van der Waals surface area (Å²) in [5.74, 6) is -0.879. The van der Waals surface area contributed by atoms with Crippen LogP contribution in [0.4, 0.5) is 4.79 Å². The lowest BCUT2D eigenvalue weighted by atomic mass is 9.74. The van der Waals surface area contributed by atoms with Crippen LogP contribution in [0.15, 0.2) is 0 Å². The van der Waals surface area contributed by atoms with E-state index in [2.05, 4.69) is 5.32 Å². The monoisotopic (exact) mass is 286 g/mol. The first-order chi connectivity index (χ1) is 9.49. The second kappa shape index (κ2) is 5.97. The van der Waals surface area contributed by atoms with Crippen LogP contribution in [-0.4, -0.2) is 67.1 Å². The van der Waals surface area contributed by atoms with Crippen molar-refractivity contribution < 1.29 is 24.2 Å². The highest BCUT2D eigenvalue weighted by molar-refractivity contribution is 5.77. The van der Waals surface area contributed by atoms with Gasteiger partial charge in [0.2, 0.25) is 0 Å². The van der Waals surface area contributed by atoms with Crippen LogP contribution >= 0.6 is 0 Å². The first-order valence-electron chi connectivity index (χ1n) is 6.84. The predicted octanol–water partition coefficient (Wildman–Crippen LogP) is 0.439. The van der Waals surface area contributed by atoms with Crippen molar-refractivity contribution in [1.82, 2.24) is 10.2 Å². The highest BCUT2D eigenvalue weighted by Gasteiger charge is 2.43. The summed E-state index contributed by atoms with van der Waals surface area (Å²) in [4.78, 5) is 24.8. The molecular formula is C13H22N2O5. The van der Waals surface area contributed by atoms with Crippen molar-refractivity contribution >= 4 is 12.0 Å². The van der Waals surface area contributed by atoms with E-state index in [-0.39, 0.29) is 24.7 Å². The smallest absolute Gasteiger partial charge is 0.318 e. The van der Waals surface area contributed by atoms with Crippen molar-refractivity contribution in [3.05, 3.63) is 0 Å². The van der Waals surface area contributed by atoms with Crippen molar-refractivity contribution in [2.24, 2.45) is 0 Å². The Labute approximate surface area is 118 Å². The topological polar surface area (TPSA) is 88.1 Å². The van der Waals surface area contributed by atoms with Crippen LogP contribution in [0.5, 0.6) is 0 Å². The van der Waals surface area contributed by atoms with Crippen LogP contribution < -0.4 is 5.32 Å². The van der Waals surface area contributed by atoms with Crippen molar-refractivity contribution in [2.45, 2.75) is 43.4 Å². The van der Waals surface area contributed by atoms with E-state index in [9.17, 15) is 9.59 Å². The Morgan fingerprint density at radius 2 is 1.80 bits per heavy atom. The molecule has 2 aliphatic rings. The lowest BCUT2D eigenvalue weighted by Crippen LogP contribution is -2.57. The lowest BCUT2D eigenvalue weighted by molar-refractivity contribution is -0.139. The lowest BCUT2D eigenvalue weighted by Gasteiger charge is -2.42. The van der Waals surface area contributed by atoms with E-state index in [4.69, 9.17) is 14.6 Å². The highest BCUT2D eigenvalue weighted by atomic mass is 16.5. The zero-order chi connectivity index (χ0) is 14.8. The number of rotatable bonds is 5. The fourth-order valence-electron chi connectivity index (χ4n) is 2.91. The van der Waals surface area contributed by atoms with Gasteiger partial charge in [-0.25, -0.2) is 4.79 Å². The van der Waals surface area contributed by atoms with Crippen LogP contribution in [0.2, 0.25) is 0 Å². The molecular weight excluding hydrogens is 264 g/mol. The molecule has 0 aromatic carbocycles. The van der Waals surface area contributed by atoms with Gasteiger partial charge in [-0.05, 0) is 19.3 Å². The average Bonchev–Trinajstić information content (AvgIpc) is 2.78. The van der Waals surface area contributed by atoms with E-state index in [1.807, 2.05) is 0 Å². The molecule has 0 aromatic heterocycles. The minimum atomic E-state index is -0.879. The summed E-state index contributed by atoms with van der Waals surface area (Å²) in [6.07, 6.45) is 2.11. The van der Waals surface area contributed by atoms with Crippen LogP contribution in [0.3, 0.4) is 0 Å². The molecule has 114 valence electrons. The highest BCUT2D eigenvalue weighted by Crippen LogP contribution is 2.35. The Bertz CT molecular complexity index is 371. The van der Waals surface area contributed by atoms with Crippen LogP contribution in [0.25, 0.3) is 0 Å². The maximum absolute atomic E-state index is 12.3. The molecule has 2 fully saturated rings. The third-order valence-electron chi connectivity index (χ3n) is 4.28. The number of nitrogens with one attached hydrogen (secondary N) is 1. The number of amides is 2. The Kier molecular flexibility index (Phi) is 4.49. The molecule has 1 heterocycles. The van der Waals surface area contributed by atoms with Crippen molar-refractivity contribution in [3.8, 4) is 0 Å². The van der Waals surface area contributed by atoms with Gasteiger partial charge in [-0.15, -0.1) is 0 Å². The first-order valence-corrected chi connectivity index (χ1v) is 6.84. The van der Waals surface area contributed by atoms with E-state index >= 15 is 0 Å². The van der Waals surface area contributed by atoms with Gasteiger partial charge in [0.05, 0.1) is 25.0 Å². The minimum absolute atomic E-state index is 0.0198. The molecule has 20 heavy (non-hydrogen) atoms. The summed E-state index contributed by atoms with van der Waals surface area (Å²) in [5, 5.41) is 11.8. The fourth-order valence-corrected chi connectivity index (χ4v) is 2.91. The van der Waals surface area contributed by atoms with Gasteiger partial charge in [0.25, 0.3) is 0 Å². The zero-order valence-electron chi connectivity index (χ0n) is 11.9. The Hall–Kier alpha value is -1.34. The van der Waals surface area contributed by atoms with Gasteiger partial charge >= 0.3 is 12.0 Å². The van der Waals surface area contributed by atoms with Crippen molar-refractivity contribution in [2.75, 3.05) is 27.3 Å². The average molecular weight is 286 g/mol. The van der Waals surface area contributed by atoms with Gasteiger partial charge in [-0.3, -0.25) is 4.79 Å². The van der Waals surface area contributed by atoms with E-state index < -0.39 is 11.5 Å². The third kappa shape index (κ3) is 3.04. The molecule has 1 aliphatic carbocycles. The summed E-state index contributed by atoms with van der Waals surface area (Å²) < 4.78 is 10.6. The largest absolute Gasteiger partial charge is 0.481 e. The Morgan fingerprint density at radius 1 is 1.25 bits per heavy atom. The second-order valence-corrected chi connectivity index (χ2v) is 5.59. The number of nitrogens with zero attached hydrogens (tertiary/aromatic N) is 1. The van der Waals surface area contributed by atoms with E-state index in [1.54, 1.807) is 19.1 Å². The maximum Gasteiger partial charge on any atom is 0.318 e. The molecule has 0 bridgehead atoms. The Balaban J connectivity index is 1.93. The normalized spacial score (nSPS) is 28.0. The number of urea groups is 1. The van der Waals surface area contributed by atoms with Crippen LogP contribution in [0.1, 0.15) is 25.7 Å². The molecule has 1 saturated carbocycles. The summed E-state index contributed by atoms with van der Waals surface area (Å²) in [6, 6.07) is -0.229. The number of carboxylic acids is 1. The number of hydrogen-bond donors (Lipinski definition) is 2. The van der Waals surface area contributed by atoms with E-state index in [1.165, 1.54) is 0 Å². The number of aliphatic carboxylic acids is 1. The first kappa shape index (κ1) is 15.1. The molecule has 1 saturated heterocycles. The number of likely N-dealkylation sites (tertiary alicyclic amines) is 1. The summed E-state index contributed by atoms with van der Waals surface area (Å²) in [7, 11) is 3.19. The number of carbonyl (C=O) groups is 2. The van der Waals surface area contributed by atoms with Crippen molar-refractivity contribution in [3.63, 3.8) is 0 Å². The Morgan fingerprint density at radius 3 is 2.15 bits per heavy atom. The summed E-state index contributed by atoms with van der Waals surface area (Å²) >= 11 is 0. The molecule has 0 radical (unpaired) electrons. The number of carbonyl (C=O) groups excluding carboxylic acids is 1. The maximum atomic E-state index is 12.3.